The third-order valence-electron chi connectivity index (χ3n) is 3.42. The Morgan fingerprint density at radius 2 is 2.08 bits per heavy atom. The first-order chi connectivity index (χ1) is 12.5. The molecule has 7 heteroatoms. The van der Waals surface area contributed by atoms with Gasteiger partial charge in [-0.2, -0.15) is 0 Å². The molecule has 132 valence electrons. The van der Waals surface area contributed by atoms with Gasteiger partial charge in [0.25, 0.3) is 5.91 Å². The minimum absolute atomic E-state index is 0.0432. The van der Waals surface area contributed by atoms with Crippen LogP contribution in [0.5, 0.6) is 0 Å². The minimum Gasteiger partial charge on any atom is -0.452 e. The Bertz CT molecular complexity index is 964. The highest BCUT2D eigenvalue weighted by Gasteiger charge is 2.09. The van der Waals surface area contributed by atoms with Gasteiger partial charge in [0.1, 0.15) is 10.8 Å². The maximum Gasteiger partial charge on any atom is 0.331 e. The molecule has 26 heavy (non-hydrogen) atoms. The molecule has 1 aromatic heterocycles. The van der Waals surface area contributed by atoms with Gasteiger partial charge in [-0.15, -0.1) is 11.3 Å². The number of para-hydroxylation sites is 1. The molecule has 1 heterocycles. The van der Waals surface area contributed by atoms with Crippen LogP contribution in [0.15, 0.2) is 48.5 Å². The highest BCUT2D eigenvalue weighted by molar-refractivity contribution is 7.19. The minimum atomic E-state index is -0.677. The Morgan fingerprint density at radius 3 is 2.85 bits per heavy atom. The average Bonchev–Trinajstić information content (AvgIpc) is 3.03. The van der Waals surface area contributed by atoms with Gasteiger partial charge in [0.05, 0.1) is 15.9 Å². The van der Waals surface area contributed by atoms with Crippen LogP contribution in [-0.4, -0.2) is 23.5 Å². The van der Waals surface area contributed by atoms with Crippen LogP contribution in [0.25, 0.3) is 16.3 Å². The number of nitrogens with zero attached hydrogens (tertiary/aromatic N) is 1. The van der Waals surface area contributed by atoms with Crippen LogP contribution in [0.4, 0.5) is 10.1 Å². The van der Waals surface area contributed by atoms with E-state index in [-0.39, 0.29) is 5.69 Å². The molecule has 1 amide bonds. The first kappa shape index (κ1) is 17.8. The molecule has 0 aliphatic carbocycles. The second kappa shape index (κ2) is 7.88. The van der Waals surface area contributed by atoms with Crippen LogP contribution in [0, 0.1) is 12.7 Å². The van der Waals surface area contributed by atoms with Crippen molar-refractivity contribution in [3.63, 3.8) is 0 Å². The van der Waals surface area contributed by atoms with Gasteiger partial charge < -0.3 is 10.1 Å². The quantitative estimate of drug-likeness (QED) is 0.546. The topological polar surface area (TPSA) is 68.3 Å². The second-order valence-electron chi connectivity index (χ2n) is 5.49. The maximum atomic E-state index is 13.7. The molecule has 3 rings (SSSR count). The third kappa shape index (κ3) is 4.52. The van der Waals surface area contributed by atoms with Gasteiger partial charge in [0.2, 0.25) is 0 Å². The van der Waals surface area contributed by atoms with E-state index < -0.39 is 24.3 Å². The summed E-state index contributed by atoms with van der Waals surface area (Å²) in [6.07, 6.45) is 2.74. The lowest BCUT2D eigenvalue weighted by molar-refractivity contribution is -0.142. The molecule has 0 saturated carbocycles. The van der Waals surface area contributed by atoms with Gasteiger partial charge in [-0.1, -0.05) is 18.2 Å². The Balaban J connectivity index is 1.52. The first-order valence-corrected chi connectivity index (χ1v) is 8.59. The number of carbonyl (C=O) groups is 2. The summed E-state index contributed by atoms with van der Waals surface area (Å²) < 4.78 is 19.5. The van der Waals surface area contributed by atoms with Gasteiger partial charge >= 0.3 is 5.97 Å². The molecular weight excluding hydrogens is 355 g/mol. The molecule has 0 spiro atoms. The van der Waals surface area contributed by atoms with Crippen LogP contribution in [0.1, 0.15) is 10.6 Å². The summed E-state index contributed by atoms with van der Waals surface area (Å²) in [5, 5.41) is 3.02. The summed E-state index contributed by atoms with van der Waals surface area (Å²) in [6.45, 7) is 1.24. The van der Waals surface area contributed by atoms with Gasteiger partial charge in [-0.05, 0) is 42.8 Å². The predicted molar refractivity (Wildman–Crippen MR) is 99.4 cm³/mol. The van der Waals surface area contributed by atoms with Crippen molar-refractivity contribution in [1.29, 1.82) is 0 Å². The zero-order chi connectivity index (χ0) is 18.5. The number of aryl methyl sites for hydroxylation is 1. The van der Waals surface area contributed by atoms with Crippen LogP contribution in [0.2, 0.25) is 0 Å². The van der Waals surface area contributed by atoms with E-state index in [0.29, 0.717) is 5.01 Å². The van der Waals surface area contributed by atoms with Crippen molar-refractivity contribution in [2.45, 2.75) is 6.92 Å². The lowest BCUT2D eigenvalue weighted by Crippen LogP contribution is -2.20. The monoisotopic (exact) mass is 370 g/mol. The molecule has 0 atom stereocenters. The lowest BCUT2D eigenvalue weighted by atomic mass is 10.2. The number of amides is 1. The average molecular weight is 370 g/mol. The summed E-state index contributed by atoms with van der Waals surface area (Å²) in [4.78, 5) is 27.8. The number of esters is 1. The molecule has 0 unspecified atom stereocenters. The predicted octanol–water partition coefficient (Wildman–Crippen LogP) is 3.94. The number of halogens is 1. The van der Waals surface area contributed by atoms with Gasteiger partial charge in [-0.25, -0.2) is 14.2 Å². The molecule has 0 aliphatic heterocycles. The summed E-state index contributed by atoms with van der Waals surface area (Å²) in [5.74, 6) is -1.83. The van der Waals surface area contributed by atoms with Gasteiger partial charge in [0, 0.05) is 6.08 Å². The number of nitrogens with one attached hydrogen (secondary N) is 1. The number of benzene rings is 2. The Labute approximate surface area is 153 Å². The summed E-state index contributed by atoms with van der Waals surface area (Å²) >= 11 is 1.44. The number of anilines is 1. The molecule has 1 N–H and O–H groups in total. The SMILES string of the molecule is Cc1ccc(NC(=O)COC(=O)/C=C/c2nc3ccccc3s2)c(F)c1. The van der Waals surface area contributed by atoms with E-state index in [0.717, 1.165) is 15.8 Å². The zero-order valence-electron chi connectivity index (χ0n) is 13.9. The number of aromatic nitrogens is 1. The molecule has 0 bridgehead atoms. The molecule has 0 radical (unpaired) electrons. The summed E-state index contributed by atoms with van der Waals surface area (Å²) in [5.41, 5.74) is 1.64. The molecular formula is C19H15FN2O3S. The molecule has 0 aliphatic rings. The van der Waals surface area contributed by atoms with Crippen molar-refractivity contribution in [1.82, 2.24) is 4.98 Å². The first-order valence-electron chi connectivity index (χ1n) is 7.78. The Morgan fingerprint density at radius 1 is 1.27 bits per heavy atom. The van der Waals surface area contributed by atoms with E-state index in [2.05, 4.69) is 10.3 Å². The zero-order valence-corrected chi connectivity index (χ0v) is 14.7. The van der Waals surface area contributed by atoms with Gasteiger partial charge in [-0.3, -0.25) is 4.79 Å². The molecule has 0 fully saturated rings. The molecule has 5 nitrogen and oxygen atoms in total. The number of carbonyl (C=O) groups excluding carboxylic acids is 2. The fourth-order valence-electron chi connectivity index (χ4n) is 2.19. The summed E-state index contributed by atoms with van der Waals surface area (Å²) in [7, 11) is 0. The standard InChI is InChI=1S/C19H15FN2O3S/c1-12-6-7-14(13(20)10-12)21-17(23)11-25-19(24)9-8-18-22-15-4-2-3-5-16(15)26-18/h2-10H,11H2,1H3,(H,21,23)/b9-8+. The van der Waals surface area contributed by atoms with E-state index in [1.807, 2.05) is 24.3 Å². The fraction of sp³-hybridized carbons (Fsp3) is 0.105. The molecule has 2 aromatic carbocycles. The van der Waals surface area contributed by atoms with Gasteiger partial charge in [0.15, 0.2) is 6.61 Å². The number of fused-ring (bicyclic) bond motifs is 1. The third-order valence-corrected chi connectivity index (χ3v) is 4.42. The lowest BCUT2D eigenvalue weighted by Gasteiger charge is -2.07. The number of rotatable bonds is 5. The van der Waals surface area contributed by atoms with E-state index in [4.69, 9.17) is 4.74 Å². The highest BCUT2D eigenvalue weighted by atomic mass is 32.1. The van der Waals surface area contributed by atoms with Crippen LogP contribution >= 0.6 is 11.3 Å². The van der Waals surface area contributed by atoms with Crippen molar-refractivity contribution in [2.75, 3.05) is 11.9 Å². The van der Waals surface area contributed by atoms with Crippen LogP contribution in [0.3, 0.4) is 0 Å². The smallest absolute Gasteiger partial charge is 0.331 e. The fourth-order valence-corrected chi connectivity index (χ4v) is 3.06. The van der Waals surface area contributed by atoms with E-state index in [9.17, 15) is 14.0 Å². The van der Waals surface area contributed by atoms with Crippen molar-refractivity contribution in [3.05, 3.63) is 64.9 Å². The van der Waals surface area contributed by atoms with Crippen molar-refractivity contribution in [2.24, 2.45) is 0 Å². The van der Waals surface area contributed by atoms with Crippen molar-refractivity contribution < 1.29 is 18.7 Å². The highest BCUT2D eigenvalue weighted by Crippen LogP contribution is 2.22. The van der Waals surface area contributed by atoms with E-state index in [1.54, 1.807) is 13.0 Å². The summed E-state index contributed by atoms with van der Waals surface area (Å²) in [6, 6.07) is 12.1. The normalized spacial score (nSPS) is 11.0. The number of hydrogen-bond donors (Lipinski definition) is 1. The number of ether oxygens (including phenoxy) is 1. The number of hydrogen-bond acceptors (Lipinski definition) is 5. The van der Waals surface area contributed by atoms with E-state index in [1.165, 1.54) is 35.6 Å². The second-order valence-corrected chi connectivity index (χ2v) is 6.55. The van der Waals surface area contributed by atoms with Crippen LogP contribution in [-0.2, 0) is 14.3 Å². The Hall–Kier alpha value is -3.06. The largest absolute Gasteiger partial charge is 0.452 e. The van der Waals surface area contributed by atoms with Crippen molar-refractivity contribution >= 4 is 45.2 Å². The molecule has 3 aromatic rings. The van der Waals surface area contributed by atoms with Crippen LogP contribution < -0.4 is 5.32 Å². The maximum absolute atomic E-state index is 13.7. The van der Waals surface area contributed by atoms with E-state index >= 15 is 0 Å². The Kier molecular flexibility index (Phi) is 5.38. The van der Waals surface area contributed by atoms with Crippen molar-refractivity contribution in [3.8, 4) is 0 Å². The number of thiazole rings is 1. The molecule has 0 saturated heterocycles.